The summed E-state index contributed by atoms with van der Waals surface area (Å²) in [7, 11) is 0. The summed E-state index contributed by atoms with van der Waals surface area (Å²) in [5.74, 6) is -0.334. The maximum absolute atomic E-state index is 11.8. The fourth-order valence-electron chi connectivity index (χ4n) is 3.27. The van der Waals surface area contributed by atoms with Crippen molar-refractivity contribution in [1.29, 1.82) is 0 Å². The van der Waals surface area contributed by atoms with Gasteiger partial charge in [-0.05, 0) is 74.3 Å². The van der Waals surface area contributed by atoms with Gasteiger partial charge in [0.25, 0.3) is 0 Å². The second kappa shape index (κ2) is 10.1. The van der Waals surface area contributed by atoms with E-state index in [1.54, 1.807) is 25.1 Å². The quantitative estimate of drug-likeness (QED) is 0.559. The number of thiocarbonyl (C=S) groups is 1. The first-order valence-corrected chi connectivity index (χ1v) is 10.2. The smallest absolute Gasteiger partial charge is 0.338 e. The molecule has 0 radical (unpaired) electrons. The summed E-state index contributed by atoms with van der Waals surface area (Å²) in [5.41, 5.74) is 3.72. The van der Waals surface area contributed by atoms with Crippen molar-refractivity contribution < 1.29 is 9.53 Å². The van der Waals surface area contributed by atoms with Gasteiger partial charge >= 0.3 is 5.97 Å². The largest absolute Gasteiger partial charge is 0.462 e. The van der Waals surface area contributed by atoms with E-state index in [-0.39, 0.29) is 5.97 Å². The van der Waals surface area contributed by atoms with E-state index in [9.17, 15) is 4.79 Å². The molecule has 0 spiro atoms. The van der Waals surface area contributed by atoms with Crippen LogP contribution in [0.2, 0.25) is 0 Å². The minimum Gasteiger partial charge on any atom is -0.462 e. The molecular weight excluding hydrogens is 370 g/mol. The number of carbonyl (C=O) groups excluding carboxylic acids is 1. The van der Waals surface area contributed by atoms with Gasteiger partial charge in [0.1, 0.15) is 0 Å². The number of piperidine rings is 1. The van der Waals surface area contributed by atoms with Crippen LogP contribution in [0.3, 0.4) is 0 Å². The van der Waals surface area contributed by atoms with Crippen molar-refractivity contribution in [3.05, 3.63) is 59.7 Å². The molecule has 3 rings (SSSR count). The van der Waals surface area contributed by atoms with Crippen molar-refractivity contribution >= 4 is 34.7 Å². The van der Waals surface area contributed by atoms with E-state index in [2.05, 4.69) is 39.8 Å². The highest BCUT2D eigenvalue weighted by molar-refractivity contribution is 7.80. The van der Waals surface area contributed by atoms with Crippen LogP contribution in [0.25, 0.3) is 0 Å². The van der Waals surface area contributed by atoms with Crippen molar-refractivity contribution in [2.45, 2.75) is 32.7 Å². The topological polar surface area (TPSA) is 53.6 Å². The van der Waals surface area contributed by atoms with Crippen LogP contribution in [0, 0.1) is 0 Å². The number of hydrogen-bond donors (Lipinski definition) is 2. The van der Waals surface area contributed by atoms with E-state index < -0.39 is 0 Å². The van der Waals surface area contributed by atoms with E-state index >= 15 is 0 Å². The Balaban J connectivity index is 1.50. The summed E-state index contributed by atoms with van der Waals surface area (Å²) in [5, 5.41) is 6.84. The van der Waals surface area contributed by atoms with E-state index in [4.69, 9.17) is 17.0 Å². The molecule has 0 bridgehead atoms. The summed E-state index contributed by atoms with van der Waals surface area (Å²) in [4.78, 5) is 14.3. The summed E-state index contributed by atoms with van der Waals surface area (Å²) >= 11 is 5.38. The summed E-state index contributed by atoms with van der Waals surface area (Å²) in [6, 6.07) is 15.8. The molecule has 1 saturated heterocycles. The van der Waals surface area contributed by atoms with E-state index in [0.29, 0.717) is 23.8 Å². The second-order valence-corrected chi connectivity index (χ2v) is 7.23. The Morgan fingerprint density at radius 3 is 2.57 bits per heavy atom. The monoisotopic (exact) mass is 397 g/mol. The molecule has 6 heteroatoms. The Labute approximate surface area is 172 Å². The summed E-state index contributed by atoms with van der Waals surface area (Å²) in [6.07, 6.45) is 3.90. The number of anilines is 2. The number of esters is 1. The Hall–Kier alpha value is -2.60. The summed E-state index contributed by atoms with van der Waals surface area (Å²) in [6.45, 7) is 5.09. The Morgan fingerprint density at radius 2 is 1.86 bits per heavy atom. The van der Waals surface area contributed by atoms with Gasteiger partial charge in [0, 0.05) is 31.0 Å². The molecular formula is C22H27N3O2S. The molecule has 1 aliphatic heterocycles. The number of nitrogens with zero attached hydrogens (tertiary/aromatic N) is 1. The highest BCUT2D eigenvalue weighted by atomic mass is 32.1. The van der Waals surface area contributed by atoms with Crippen LogP contribution < -0.4 is 15.5 Å². The van der Waals surface area contributed by atoms with E-state index in [0.717, 1.165) is 18.8 Å². The van der Waals surface area contributed by atoms with Crippen molar-refractivity contribution in [2.75, 3.05) is 29.9 Å². The zero-order chi connectivity index (χ0) is 19.8. The van der Waals surface area contributed by atoms with Crippen LogP contribution in [0.5, 0.6) is 0 Å². The minimum atomic E-state index is -0.334. The highest BCUT2D eigenvalue weighted by Gasteiger charge is 2.11. The Bertz CT molecular complexity index is 802. The normalized spacial score (nSPS) is 13.7. The van der Waals surface area contributed by atoms with Gasteiger partial charge in [0.15, 0.2) is 5.11 Å². The fourth-order valence-corrected chi connectivity index (χ4v) is 3.46. The van der Waals surface area contributed by atoms with E-state index in [1.807, 2.05) is 6.07 Å². The first kappa shape index (κ1) is 20.1. The Morgan fingerprint density at radius 1 is 1.11 bits per heavy atom. The summed E-state index contributed by atoms with van der Waals surface area (Å²) < 4.78 is 5.03. The SMILES string of the molecule is CCOC(=O)c1cccc(NC(=S)NCc2ccc(N3CCCCC3)cc2)c1. The van der Waals surface area contributed by atoms with Gasteiger partial charge in [-0.1, -0.05) is 18.2 Å². The molecule has 1 heterocycles. The van der Waals surface area contributed by atoms with Gasteiger partial charge in [-0.25, -0.2) is 4.79 Å². The second-order valence-electron chi connectivity index (χ2n) is 6.82. The third-order valence-corrected chi connectivity index (χ3v) is 4.99. The highest BCUT2D eigenvalue weighted by Crippen LogP contribution is 2.20. The number of nitrogens with one attached hydrogen (secondary N) is 2. The Kier molecular flexibility index (Phi) is 7.25. The lowest BCUT2D eigenvalue weighted by Crippen LogP contribution is -2.29. The zero-order valence-electron chi connectivity index (χ0n) is 16.2. The lowest BCUT2D eigenvalue weighted by atomic mass is 10.1. The number of benzene rings is 2. The number of hydrogen-bond acceptors (Lipinski definition) is 4. The molecule has 2 aromatic rings. The minimum absolute atomic E-state index is 0.334. The van der Waals surface area contributed by atoms with Gasteiger partial charge < -0.3 is 20.3 Å². The van der Waals surface area contributed by atoms with E-state index in [1.165, 1.54) is 30.5 Å². The predicted molar refractivity (Wildman–Crippen MR) is 118 cm³/mol. The molecule has 1 fully saturated rings. The molecule has 0 unspecified atom stereocenters. The first-order valence-electron chi connectivity index (χ1n) is 9.81. The van der Waals surface area contributed by atoms with Crippen molar-refractivity contribution in [2.24, 2.45) is 0 Å². The average Bonchev–Trinajstić information content (AvgIpc) is 2.74. The van der Waals surface area contributed by atoms with Crippen molar-refractivity contribution in [1.82, 2.24) is 5.32 Å². The van der Waals surface area contributed by atoms with Gasteiger partial charge in [-0.3, -0.25) is 0 Å². The van der Waals surface area contributed by atoms with Crippen molar-refractivity contribution in [3.63, 3.8) is 0 Å². The molecule has 2 aromatic carbocycles. The average molecular weight is 398 g/mol. The number of ether oxygens (including phenoxy) is 1. The molecule has 2 N–H and O–H groups in total. The number of carbonyl (C=O) groups is 1. The molecule has 1 aliphatic rings. The molecule has 28 heavy (non-hydrogen) atoms. The van der Waals surface area contributed by atoms with Gasteiger partial charge in [0.05, 0.1) is 12.2 Å². The van der Waals surface area contributed by atoms with Gasteiger partial charge in [0.2, 0.25) is 0 Å². The molecule has 0 amide bonds. The first-order chi connectivity index (χ1) is 13.7. The maximum Gasteiger partial charge on any atom is 0.338 e. The third kappa shape index (κ3) is 5.70. The molecule has 0 aliphatic carbocycles. The molecule has 5 nitrogen and oxygen atoms in total. The molecule has 0 saturated carbocycles. The third-order valence-electron chi connectivity index (χ3n) is 4.74. The molecule has 0 aromatic heterocycles. The van der Waals surface area contributed by atoms with Crippen LogP contribution in [0.15, 0.2) is 48.5 Å². The van der Waals surface area contributed by atoms with Crippen LogP contribution in [0.4, 0.5) is 11.4 Å². The van der Waals surface area contributed by atoms with Gasteiger partial charge in [-0.2, -0.15) is 0 Å². The standard InChI is InChI=1S/C22H27N3O2S/c1-2-27-21(26)18-7-6-8-19(15-18)24-22(28)23-16-17-9-11-20(12-10-17)25-13-4-3-5-14-25/h6-12,15H,2-5,13-14,16H2,1H3,(H2,23,24,28). The zero-order valence-corrected chi connectivity index (χ0v) is 17.1. The molecule has 0 atom stereocenters. The predicted octanol–water partition coefficient (Wildman–Crippen LogP) is 4.34. The fraction of sp³-hybridized carbons (Fsp3) is 0.364. The van der Waals surface area contributed by atoms with Crippen LogP contribution in [-0.4, -0.2) is 30.8 Å². The van der Waals surface area contributed by atoms with Crippen LogP contribution >= 0.6 is 12.2 Å². The maximum atomic E-state index is 11.8. The molecule has 148 valence electrons. The lowest BCUT2D eigenvalue weighted by Gasteiger charge is -2.28. The van der Waals surface area contributed by atoms with Gasteiger partial charge in [-0.15, -0.1) is 0 Å². The van der Waals surface area contributed by atoms with Crippen LogP contribution in [0.1, 0.15) is 42.1 Å². The number of rotatable bonds is 6. The van der Waals surface area contributed by atoms with Crippen molar-refractivity contribution in [3.8, 4) is 0 Å². The lowest BCUT2D eigenvalue weighted by molar-refractivity contribution is 0.0526. The van der Waals surface area contributed by atoms with Crippen LogP contribution in [-0.2, 0) is 11.3 Å².